The number of nitrogens with one attached hydrogen (secondary N) is 1. The largest absolute Gasteiger partial charge is 0.361 e. The number of aryl methyl sites for hydroxylation is 1. The van der Waals surface area contributed by atoms with Crippen LogP contribution in [0.25, 0.3) is 21.8 Å². The van der Waals surface area contributed by atoms with Crippen molar-refractivity contribution in [3.63, 3.8) is 0 Å². The molecule has 0 aliphatic rings. The van der Waals surface area contributed by atoms with E-state index in [-0.39, 0.29) is 0 Å². The van der Waals surface area contributed by atoms with Gasteiger partial charge in [0.2, 0.25) is 0 Å². The second-order valence-corrected chi connectivity index (χ2v) is 5.97. The Balaban J connectivity index is 1.87. The Labute approximate surface area is 130 Å². The molecule has 0 aliphatic heterocycles. The Morgan fingerprint density at radius 3 is 2.68 bits per heavy atom. The summed E-state index contributed by atoms with van der Waals surface area (Å²) in [6.07, 6.45) is 3.10. The molecular weight excluding hydrogens is 268 g/mol. The quantitative estimate of drug-likeness (QED) is 0.535. The van der Waals surface area contributed by atoms with E-state index in [1.54, 1.807) is 0 Å². The van der Waals surface area contributed by atoms with Crippen LogP contribution in [0.5, 0.6) is 0 Å². The third-order valence-electron chi connectivity index (χ3n) is 4.73. The molecule has 2 heteroatoms. The lowest BCUT2D eigenvalue weighted by molar-refractivity contribution is 0.708. The number of aromatic nitrogens is 2. The first-order valence-electron chi connectivity index (χ1n) is 7.89. The van der Waals surface area contributed by atoms with Crippen molar-refractivity contribution >= 4 is 21.8 Å². The molecule has 2 aromatic heterocycles. The number of para-hydroxylation sites is 1. The van der Waals surface area contributed by atoms with Crippen LogP contribution in [0.4, 0.5) is 0 Å². The summed E-state index contributed by atoms with van der Waals surface area (Å²) in [6, 6.07) is 19.9. The van der Waals surface area contributed by atoms with E-state index in [2.05, 4.69) is 78.1 Å². The topological polar surface area (TPSA) is 20.7 Å². The summed E-state index contributed by atoms with van der Waals surface area (Å²) >= 11 is 0. The first-order valence-corrected chi connectivity index (χ1v) is 7.89. The van der Waals surface area contributed by atoms with E-state index < -0.39 is 0 Å². The Morgan fingerprint density at radius 2 is 1.86 bits per heavy atom. The van der Waals surface area contributed by atoms with Crippen LogP contribution in [-0.4, -0.2) is 9.55 Å². The predicted molar refractivity (Wildman–Crippen MR) is 93.4 cm³/mol. The molecule has 0 bridgehead atoms. The highest BCUT2D eigenvalue weighted by Gasteiger charge is 2.17. The van der Waals surface area contributed by atoms with E-state index in [1.165, 1.54) is 33.1 Å². The first kappa shape index (κ1) is 13.2. The lowest BCUT2D eigenvalue weighted by Crippen LogP contribution is -2.05. The minimum atomic E-state index is 0.427. The van der Waals surface area contributed by atoms with Crippen LogP contribution in [0.3, 0.4) is 0 Å². The van der Waals surface area contributed by atoms with Crippen molar-refractivity contribution in [1.82, 2.24) is 9.55 Å². The van der Waals surface area contributed by atoms with E-state index in [0.29, 0.717) is 5.92 Å². The Morgan fingerprint density at radius 1 is 1.00 bits per heavy atom. The molecule has 1 unspecified atom stereocenters. The van der Waals surface area contributed by atoms with Gasteiger partial charge in [0.15, 0.2) is 0 Å². The van der Waals surface area contributed by atoms with E-state index in [0.717, 1.165) is 6.42 Å². The molecule has 110 valence electrons. The summed E-state index contributed by atoms with van der Waals surface area (Å²) in [5, 5.41) is 2.61. The summed E-state index contributed by atoms with van der Waals surface area (Å²) < 4.78 is 2.34. The smallest absolute Gasteiger partial charge is 0.0480 e. The maximum atomic E-state index is 3.27. The van der Waals surface area contributed by atoms with Gasteiger partial charge in [-0.1, -0.05) is 31.2 Å². The summed E-state index contributed by atoms with van der Waals surface area (Å²) in [7, 11) is 2.18. The van der Waals surface area contributed by atoms with E-state index in [9.17, 15) is 0 Å². The number of benzene rings is 2. The van der Waals surface area contributed by atoms with Crippen molar-refractivity contribution in [3.05, 3.63) is 72.1 Å². The second-order valence-electron chi connectivity index (χ2n) is 5.97. The molecule has 0 radical (unpaired) electrons. The molecule has 0 fully saturated rings. The fraction of sp³-hybridized carbons (Fsp3) is 0.200. The summed E-state index contributed by atoms with van der Waals surface area (Å²) in [4.78, 5) is 3.27. The van der Waals surface area contributed by atoms with Gasteiger partial charge in [-0.05, 0) is 53.1 Å². The molecule has 4 rings (SSSR count). The summed E-state index contributed by atoms with van der Waals surface area (Å²) in [5.41, 5.74) is 5.29. The van der Waals surface area contributed by atoms with Crippen LogP contribution in [-0.2, 0) is 7.05 Å². The number of hydrogen-bond donors (Lipinski definition) is 1. The highest BCUT2D eigenvalue weighted by atomic mass is 14.9. The fourth-order valence-electron chi connectivity index (χ4n) is 3.55. The third kappa shape index (κ3) is 1.95. The zero-order valence-corrected chi connectivity index (χ0v) is 13.0. The van der Waals surface area contributed by atoms with Gasteiger partial charge in [0.1, 0.15) is 0 Å². The van der Waals surface area contributed by atoms with E-state index in [1.807, 2.05) is 6.20 Å². The molecule has 4 aromatic rings. The number of rotatable bonds is 3. The van der Waals surface area contributed by atoms with Crippen LogP contribution in [0.2, 0.25) is 0 Å². The Bertz CT molecular complexity index is 943. The average molecular weight is 288 g/mol. The van der Waals surface area contributed by atoms with Gasteiger partial charge in [0, 0.05) is 35.9 Å². The minimum Gasteiger partial charge on any atom is -0.361 e. The van der Waals surface area contributed by atoms with Gasteiger partial charge in [0.05, 0.1) is 0 Å². The second kappa shape index (κ2) is 5.06. The average Bonchev–Trinajstić information content (AvgIpc) is 3.14. The number of aromatic amines is 1. The van der Waals surface area contributed by atoms with Gasteiger partial charge in [-0.2, -0.15) is 0 Å². The van der Waals surface area contributed by atoms with Gasteiger partial charge in [-0.3, -0.25) is 0 Å². The SMILES string of the molecule is CCC(c1ccc2[nH]ccc2c1)c1cc2ccccc2n1C. The summed E-state index contributed by atoms with van der Waals surface area (Å²) in [6.45, 7) is 2.27. The zero-order valence-electron chi connectivity index (χ0n) is 13.0. The molecule has 0 spiro atoms. The predicted octanol–water partition coefficient (Wildman–Crippen LogP) is 5.20. The van der Waals surface area contributed by atoms with Crippen LogP contribution in [0.15, 0.2) is 60.8 Å². The Kier molecular flexibility index (Phi) is 3.04. The van der Waals surface area contributed by atoms with Gasteiger partial charge in [0.25, 0.3) is 0 Å². The van der Waals surface area contributed by atoms with Crippen LogP contribution < -0.4 is 0 Å². The first-order chi connectivity index (χ1) is 10.8. The Hall–Kier alpha value is -2.48. The summed E-state index contributed by atoms with van der Waals surface area (Å²) in [5.74, 6) is 0.427. The van der Waals surface area contributed by atoms with Crippen molar-refractivity contribution in [3.8, 4) is 0 Å². The highest BCUT2D eigenvalue weighted by Crippen LogP contribution is 2.33. The molecule has 2 aromatic carbocycles. The fourth-order valence-corrected chi connectivity index (χ4v) is 3.55. The monoisotopic (exact) mass is 288 g/mol. The number of hydrogen-bond acceptors (Lipinski definition) is 0. The lowest BCUT2D eigenvalue weighted by Gasteiger charge is -2.17. The molecule has 0 aliphatic carbocycles. The standard InChI is InChI=1S/C20H20N2/c1-3-17(14-8-9-18-15(12-14)10-11-21-18)20-13-16-6-4-5-7-19(16)22(20)2/h4-13,17,21H,3H2,1-2H3. The molecule has 2 nitrogen and oxygen atoms in total. The molecule has 0 saturated heterocycles. The molecular formula is C20H20N2. The lowest BCUT2D eigenvalue weighted by atomic mass is 9.92. The molecule has 0 amide bonds. The number of H-pyrrole nitrogens is 1. The van der Waals surface area contributed by atoms with Gasteiger partial charge in [-0.15, -0.1) is 0 Å². The van der Waals surface area contributed by atoms with Crippen LogP contribution >= 0.6 is 0 Å². The van der Waals surface area contributed by atoms with E-state index in [4.69, 9.17) is 0 Å². The number of nitrogens with zero attached hydrogens (tertiary/aromatic N) is 1. The molecule has 1 atom stereocenters. The van der Waals surface area contributed by atoms with Gasteiger partial charge in [-0.25, -0.2) is 0 Å². The molecule has 0 saturated carbocycles. The maximum absolute atomic E-state index is 3.27. The maximum Gasteiger partial charge on any atom is 0.0480 e. The molecule has 1 N–H and O–H groups in total. The van der Waals surface area contributed by atoms with Crippen LogP contribution in [0.1, 0.15) is 30.5 Å². The van der Waals surface area contributed by atoms with Crippen LogP contribution in [0, 0.1) is 0 Å². The third-order valence-corrected chi connectivity index (χ3v) is 4.73. The van der Waals surface area contributed by atoms with Gasteiger partial charge < -0.3 is 9.55 Å². The van der Waals surface area contributed by atoms with Crippen molar-refractivity contribution in [1.29, 1.82) is 0 Å². The molecule has 2 heterocycles. The molecule has 22 heavy (non-hydrogen) atoms. The van der Waals surface area contributed by atoms with Gasteiger partial charge >= 0.3 is 0 Å². The van der Waals surface area contributed by atoms with Crippen molar-refractivity contribution in [2.24, 2.45) is 7.05 Å². The van der Waals surface area contributed by atoms with Crippen molar-refractivity contribution < 1.29 is 0 Å². The minimum absolute atomic E-state index is 0.427. The van der Waals surface area contributed by atoms with Crippen molar-refractivity contribution in [2.45, 2.75) is 19.3 Å². The van der Waals surface area contributed by atoms with E-state index >= 15 is 0 Å². The highest BCUT2D eigenvalue weighted by molar-refractivity contribution is 5.82. The normalized spacial score (nSPS) is 13.0. The number of fused-ring (bicyclic) bond motifs is 2. The van der Waals surface area contributed by atoms with Crippen molar-refractivity contribution in [2.75, 3.05) is 0 Å². The zero-order chi connectivity index (χ0) is 15.1.